The van der Waals surface area contributed by atoms with Gasteiger partial charge in [0.1, 0.15) is 30.8 Å². The Balaban J connectivity index is 4.39. The Bertz CT molecular complexity index is 364. The lowest BCUT2D eigenvalue weighted by molar-refractivity contribution is -0.00757. The minimum atomic E-state index is -0.176. The number of methoxy groups -OCH3 is 1. The topological polar surface area (TPSA) is 27.7 Å². The molecule has 0 saturated carbocycles. The third kappa shape index (κ3) is 7.32. The summed E-state index contributed by atoms with van der Waals surface area (Å²) in [4.78, 5) is 0. The number of ether oxygens (including phenoxy) is 3. The molecule has 0 saturated heterocycles. The minimum Gasteiger partial charge on any atom is -0.491 e. The molecule has 1 unspecified atom stereocenters. The zero-order valence-corrected chi connectivity index (χ0v) is 12.1. The van der Waals surface area contributed by atoms with Crippen LogP contribution in [0.5, 0.6) is 0 Å². The molecule has 0 radical (unpaired) electrons. The van der Waals surface area contributed by atoms with Crippen molar-refractivity contribution in [3.63, 3.8) is 0 Å². The smallest absolute Gasteiger partial charge is 0.125 e. The highest BCUT2D eigenvalue weighted by Gasteiger charge is 2.10. The Labute approximate surface area is 116 Å². The molecule has 19 heavy (non-hydrogen) atoms. The van der Waals surface area contributed by atoms with E-state index in [0.29, 0.717) is 19.0 Å². The quantitative estimate of drug-likeness (QED) is 0.444. The lowest BCUT2D eigenvalue weighted by atomic mass is 10.2. The molecular weight excluding hydrogens is 240 g/mol. The molecule has 0 rings (SSSR count). The van der Waals surface area contributed by atoms with Crippen molar-refractivity contribution in [2.24, 2.45) is 0 Å². The Kier molecular flexibility index (Phi) is 9.27. The van der Waals surface area contributed by atoms with Crippen LogP contribution >= 0.6 is 0 Å². The highest BCUT2D eigenvalue weighted by atomic mass is 16.6. The van der Waals surface area contributed by atoms with Gasteiger partial charge >= 0.3 is 0 Å². The second-order valence-corrected chi connectivity index (χ2v) is 3.90. The Morgan fingerprint density at radius 1 is 1.16 bits per heavy atom. The second kappa shape index (κ2) is 10.2. The van der Waals surface area contributed by atoms with Gasteiger partial charge in [-0.1, -0.05) is 31.9 Å². The van der Waals surface area contributed by atoms with Crippen molar-refractivity contribution < 1.29 is 14.2 Å². The number of allylic oxidation sites excluding steroid dienone is 5. The van der Waals surface area contributed by atoms with Gasteiger partial charge in [-0.15, -0.1) is 0 Å². The van der Waals surface area contributed by atoms with E-state index in [1.807, 2.05) is 26.0 Å². The predicted octanol–water partition coefficient (Wildman–Crippen LogP) is 3.77. The van der Waals surface area contributed by atoms with Gasteiger partial charge in [0.25, 0.3) is 0 Å². The van der Waals surface area contributed by atoms with E-state index in [2.05, 4.69) is 19.7 Å². The van der Waals surface area contributed by atoms with Crippen LogP contribution in [0.2, 0.25) is 0 Å². The van der Waals surface area contributed by atoms with Crippen LogP contribution in [0, 0.1) is 0 Å². The van der Waals surface area contributed by atoms with E-state index in [9.17, 15) is 0 Å². The zero-order chi connectivity index (χ0) is 14.7. The van der Waals surface area contributed by atoms with Crippen LogP contribution in [0.3, 0.4) is 0 Å². The first-order valence-corrected chi connectivity index (χ1v) is 6.14. The second-order valence-electron chi connectivity index (χ2n) is 3.90. The highest BCUT2D eigenvalue weighted by molar-refractivity contribution is 5.26. The van der Waals surface area contributed by atoms with Crippen LogP contribution < -0.4 is 0 Å². The van der Waals surface area contributed by atoms with Crippen LogP contribution in [-0.2, 0) is 14.2 Å². The first-order valence-electron chi connectivity index (χ1n) is 6.14. The van der Waals surface area contributed by atoms with Crippen molar-refractivity contribution in [2.45, 2.75) is 20.0 Å². The van der Waals surface area contributed by atoms with Gasteiger partial charge in [-0.2, -0.15) is 0 Å². The maximum absolute atomic E-state index is 5.67. The van der Waals surface area contributed by atoms with Gasteiger partial charge < -0.3 is 14.2 Å². The van der Waals surface area contributed by atoms with Gasteiger partial charge in [-0.05, 0) is 31.6 Å². The van der Waals surface area contributed by atoms with Crippen molar-refractivity contribution >= 4 is 0 Å². The van der Waals surface area contributed by atoms with E-state index in [4.69, 9.17) is 14.2 Å². The molecule has 0 amide bonds. The molecule has 0 fully saturated rings. The molecule has 0 aromatic rings. The average molecular weight is 264 g/mol. The summed E-state index contributed by atoms with van der Waals surface area (Å²) in [6, 6.07) is 0. The van der Waals surface area contributed by atoms with E-state index in [-0.39, 0.29) is 6.10 Å². The summed E-state index contributed by atoms with van der Waals surface area (Å²) < 4.78 is 16.3. The lowest BCUT2D eigenvalue weighted by Crippen LogP contribution is -2.24. The summed E-state index contributed by atoms with van der Waals surface area (Å²) in [6.07, 6.45) is 6.98. The van der Waals surface area contributed by atoms with Crippen LogP contribution in [0.15, 0.2) is 61.1 Å². The first kappa shape index (κ1) is 17.3. The number of rotatable bonds is 10. The molecule has 0 aromatic carbocycles. The molecule has 0 N–H and O–H groups in total. The molecular formula is C16H24O3. The van der Waals surface area contributed by atoms with E-state index < -0.39 is 0 Å². The number of hydrogen-bond donors (Lipinski definition) is 0. The van der Waals surface area contributed by atoms with E-state index >= 15 is 0 Å². The van der Waals surface area contributed by atoms with Gasteiger partial charge in [-0.3, -0.25) is 0 Å². The molecule has 106 valence electrons. The SMILES string of the molecule is C=CC(=C)OCC(CO/C(C=C)=C(C)/C=C\C)OC. The summed E-state index contributed by atoms with van der Waals surface area (Å²) in [7, 11) is 1.62. The minimum absolute atomic E-state index is 0.176. The fraction of sp³-hybridized carbons (Fsp3) is 0.375. The van der Waals surface area contributed by atoms with Crippen LogP contribution in [0.25, 0.3) is 0 Å². The molecule has 0 aliphatic heterocycles. The van der Waals surface area contributed by atoms with Gasteiger partial charge in [0.05, 0.1) is 0 Å². The summed E-state index contributed by atoms with van der Waals surface area (Å²) in [5.41, 5.74) is 1.02. The molecule has 3 nitrogen and oxygen atoms in total. The van der Waals surface area contributed by atoms with E-state index in [0.717, 1.165) is 11.3 Å². The molecule has 0 heterocycles. The van der Waals surface area contributed by atoms with Gasteiger partial charge in [-0.25, -0.2) is 0 Å². The van der Waals surface area contributed by atoms with Crippen molar-refractivity contribution in [1.82, 2.24) is 0 Å². The summed E-state index contributed by atoms with van der Waals surface area (Å²) >= 11 is 0. The normalized spacial score (nSPS) is 13.6. The highest BCUT2D eigenvalue weighted by Crippen LogP contribution is 2.10. The Hall–Kier alpha value is -1.74. The fourth-order valence-corrected chi connectivity index (χ4v) is 1.29. The molecule has 0 aromatic heterocycles. The van der Waals surface area contributed by atoms with Crippen molar-refractivity contribution in [2.75, 3.05) is 20.3 Å². The fourth-order valence-electron chi connectivity index (χ4n) is 1.29. The molecule has 0 spiro atoms. The molecule has 0 aliphatic rings. The largest absolute Gasteiger partial charge is 0.491 e. The van der Waals surface area contributed by atoms with Crippen LogP contribution in [0.4, 0.5) is 0 Å². The maximum atomic E-state index is 5.67. The molecule has 3 heteroatoms. The zero-order valence-electron chi connectivity index (χ0n) is 12.1. The van der Waals surface area contributed by atoms with Crippen molar-refractivity contribution in [3.05, 3.63) is 61.1 Å². The van der Waals surface area contributed by atoms with Crippen LogP contribution in [-0.4, -0.2) is 26.4 Å². The molecule has 0 aliphatic carbocycles. The standard InChI is InChI=1S/C16H24O3/c1-7-10-13(4)16(9-3)19-12-15(17-6)11-18-14(5)8-2/h7-10,15H,2-3,5,11-12H2,1,4,6H3/b10-7-,16-13+. The third-order valence-corrected chi connectivity index (χ3v) is 2.43. The molecule has 1 atom stereocenters. The summed E-state index contributed by atoms with van der Waals surface area (Å²) in [5, 5.41) is 0. The lowest BCUT2D eigenvalue weighted by Gasteiger charge is -2.18. The summed E-state index contributed by atoms with van der Waals surface area (Å²) in [6.45, 7) is 15.7. The predicted molar refractivity (Wildman–Crippen MR) is 79.7 cm³/mol. The van der Waals surface area contributed by atoms with Gasteiger partial charge in [0.15, 0.2) is 0 Å². The van der Waals surface area contributed by atoms with Crippen molar-refractivity contribution in [3.8, 4) is 0 Å². The van der Waals surface area contributed by atoms with E-state index in [1.54, 1.807) is 19.3 Å². The van der Waals surface area contributed by atoms with E-state index in [1.165, 1.54) is 0 Å². The third-order valence-electron chi connectivity index (χ3n) is 2.43. The van der Waals surface area contributed by atoms with Crippen molar-refractivity contribution in [1.29, 1.82) is 0 Å². The van der Waals surface area contributed by atoms with Gasteiger partial charge in [0.2, 0.25) is 0 Å². The van der Waals surface area contributed by atoms with Crippen LogP contribution in [0.1, 0.15) is 13.8 Å². The molecule has 0 bridgehead atoms. The monoisotopic (exact) mass is 264 g/mol. The maximum Gasteiger partial charge on any atom is 0.125 e. The number of hydrogen-bond acceptors (Lipinski definition) is 3. The Morgan fingerprint density at radius 2 is 1.79 bits per heavy atom. The van der Waals surface area contributed by atoms with Gasteiger partial charge in [0, 0.05) is 7.11 Å². The summed E-state index contributed by atoms with van der Waals surface area (Å²) in [5.74, 6) is 1.26. The average Bonchev–Trinajstić information content (AvgIpc) is 2.42. The Morgan fingerprint density at radius 3 is 2.26 bits per heavy atom. The first-order chi connectivity index (χ1) is 9.08.